The van der Waals surface area contributed by atoms with Gasteiger partial charge in [0.2, 0.25) is 11.0 Å². The maximum Gasteiger partial charge on any atom is 0.254 e. The third-order valence-electron chi connectivity index (χ3n) is 3.26. The topological polar surface area (TPSA) is 84.0 Å². The minimum absolute atomic E-state index is 0.0986. The first-order valence-electron chi connectivity index (χ1n) is 7.75. The van der Waals surface area contributed by atoms with Crippen molar-refractivity contribution >= 4 is 40.0 Å². The quantitative estimate of drug-likeness (QED) is 0.568. The molecule has 2 aromatic rings. The van der Waals surface area contributed by atoms with Crippen LogP contribution in [0.25, 0.3) is 0 Å². The van der Waals surface area contributed by atoms with Crippen molar-refractivity contribution in [1.29, 1.82) is 0 Å². The predicted molar refractivity (Wildman–Crippen MR) is 97.4 cm³/mol. The molecular formula is C16H19FN4O2S2. The molecule has 2 rings (SSSR count). The first-order valence-corrected chi connectivity index (χ1v) is 9.55. The van der Waals surface area contributed by atoms with Gasteiger partial charge in [-0.2, -0.15) is 0 Å². The van der Waals surface area contributed by atoms with Crippen molar-refractivity contribution in [3.63, 3.8) is 0 Å². The third kappa shape index (κ3) is 5.23. The number of halogens is 1. The Morgan fingerprint density at radius 1 is 1.28 bits per heavy atom. The molecule has 0 radical (unpaired) electrons. The Labute approximate surface area is 153 Å². The molecule has 0 saturated carbocycles. The number of benzene rings is 1. The molecule has 0 aliphatic carbocycles. The number of rotatable bonds is 7. The van der Waals surface area contributed by atoms with Crippen molar-refractivity contribution in [3.05, 3.63) is 35.6 Å². The lowest BCUT2D eigenvalue weighted by atomic mass is 10.0. The van der Waals surface area contributed by atoms with Gasteiger partial charge in [-0.25, -0.2) is 4.39 Å². The molecule has 2 N–H and O–H groups in total. The zero-order valence-corrected chi connectivity index (χ0v) is 15.7. The van der Waals surface area contributed by atoms with Crippen LogP contribution in [0.5, 0.6) is 0 Å². The predicted octanol–water partition coefficient (Wildman–Crippen LogP) is 3.18. The van der Waals surface area contributed by atoms with E-state index >= 15 is 0 Å². The first-order chi connectivity index (χ1) is 11.9. The Hall–Kier alpha value is -2.00. The van der Waals surface area contributed by atoms with E-state index in [9.17, 15) is 14.0 Å². The van der Waals surface area contributed by atoms with Crippen LogP contribution < -0.4 is 10.6 Å². The highest BCUT2D eigenvalue weighted by Crippen LogP contribution is 2.25. The molecule has 1 heterocycles. The molecule has 1 aromatic carbocycles. The lowest BCUT2D eigenvalue weighted by molar-refractivity contribution is -0.118. The minimum atomic E-state index is -0.821. The standard InChI is InChI=1S/C16H19FN4O2S2/c1-4-24-16-21-20-15(25-16)19-14(23)12(9(2)3)18-13(22)10-7-5-6-8-11(10)17/h5-9,12H,4H2,1-3H3,(H,18,22)(H,19,20,23)/t12-/m0/s1. The van der Waals surface area contributed by atoms with Crippen LogP contribution in [0.4, 0.5) is 9.52 Å². The Morgan fingerprint density at radius 3 is 2.64 bits per heavy atom. The number of anilines is 1. The fourth-order valence-corrected chi connectivity index (χ4v) is 3.68. The van der Waals surface area contributed by atoms with Gasteiger partial charge in [0.15, 0.2) is 4.34 Å². The van der Waals surface area contributed by atoms with Gasteiger partial charge >= 0.3 is 0 Å². The monoisotopic (exact) mass is 382 g/mol. The van der Waals surface area contributed by atoms with Gasteiger partial charge in [-0.3, -0.25) is 14.9 Å². The zero-order valence-electron chi connectivity index (χ0n) is 14.1. The molecule has 1 atom stereocenters. The lowest BCUT2D eigenvalue weighted by Gasteiger charge is -2.21. The van der Waals surface area contributed by atoms with E-state index in [1.165, 1.54) is 41.3 Å². The summed E-state index contributed by atoms with van der Waals surface area (Å²) in [5.41, 5.74) is -0.0986. The van der Waals surface area contributed by atoms with Crippen LogP contribution in [0.2, 0.25) is 0 Å². The average Bonchev–Trinajstić information content (AvgIpc) is 2.99. The second-order valence-electron chi connectivity index (χ2n) is 5.47. The van der Waals surface area contributed by atoms with Crippen molar-refractivity contribution in [2.24, 2.45) is 5.92 Å². The van der Waals surface area contributed by atoms with E-state index in [4.69, 9.17) is 0 Å². The van der Waals surface area contributed by atoms with E-state index in [0.717, 1.165) is 10.1 Å². The average molecular weight is 382 g/mol. The molecular weight excluding hydrogens is 363 g/mol. The fraction of sp³-hybridized carbons (Fsp3) is 0.375. The van der Waals surface area contributed by atoms with E-state index in [-0.39, 0.29) is 11.5 Å². The summed E-state index contributed by atoms with van der Waals surface area (Å²) in [4.78, 5) is 24.8. The molecule has 9 heteroatoms. The minimum Gasteiger partial charge on any atom is -0.340 e. The second kappa shape index (κ2) is 8.91. The number of aromatic nitrogens is 2. The van der Waals surface area contributed by atoms with E-state index in [1.54, 1.807) is 19.9 Å². The smallest absolute Gasteiger partial charge is 0.254 e. The van der Waals surface area contributed by atoms with Gasteiger partial charge in [-0.15, -0.1) is 10.2 Å². The maximum atomic E-state index is 13.7. The van der Waals surface area contributed by atoms with Crippen LogP contribution in [-0.4, -0.2) is 33.8 Å². The highest BCUT2D eigenvalue weighted by molar-refractivity contribution is 8.01. The normalized spacial score (nSPS) is 12.0. The van der Waals surface area contributed by atoms with Gasteiger partial charge in [0.05, 0.1) is 5.56 Å². The first kappa shape index (κ1) is 19.3. The van der Waals surface area contributed by atoms with Crippen LogP contribution in [0.3, 0.4) is 0 Å². The SMILES string of the molecule is CCSc1nnc(NC(=O)[C@@H](NC(=O)c2ccccc2F)C(C)C)s1. The van der Waals surface area contributed by atoms with E-state index in [0.29, 0.717) is 5.13 Å². The summed E-state index contributed by atoms with van der Waals surface area (Å²) in [6.45, 7) is 5.59. The highest BCUT2D eigenvalue weighted by Gasteiger charge is 2.26. The summed E-state index contributed by atoms with van der Waals surface area (Å²) in [6, 6.07) is 4.82. The summed E-state index contributed by atoms with van der Waals surface area (Å²) >= 11 is 2.80. The summed E-state index contributed by atoms with van der Waals surface area (Å²) in [6.07, 6.45) is 0. The largest absolute Gasteiger partial charge is 0.340 e. The molecule has 0 aliphatic rings. The van der Waals surface area contributed by atoms with Crippen LogP contribution in [-0.2, 0) is 4.79 Å². The summed E-state index contributed by atoms with van der Waals surface area (Å²) in [5.74, 6) is -1.01. The fourth-order valence-electron chi connectivity index (χ4n) is 2.02. The number of carbonyl (C=O) groups excluding carboxylic acids is 2. The highest BCUT2D eigenvalue weighted by atomic mass is 32.2. The van der Waals surface area contributed by atoms with Gasteiger partial charge < -0.3 is 5.32 Å². The Morgan fingerprint density at radius 2 is 2.00 bits per heavy atom. The third-order valence-corrected chi connectivity index (χ3v) is 5.11. The van der Waals surface area contributed by atoms with E-state index < -0.39 is 23.7 Å². The molecule has 1 aromatic heterocycles. The Balaban J connectivity index is 2.07. The number of hydrogen-bond acceptors (Lipinski definition) is 6. The number of thioether (sulfide) groups is 1. The van der Waals surface area contributed by atoms with Gasteiger partial charge in [-0.1, -0.05) is 56.0 Å². The number of nitrogens with zero attached hydrogens (tertiary/aromatic N) is 2. The Kier molecular flexibility index (Phi) is 6.89. The molecule has 6 nitrogen and oxygen atoms in total. The van der Waals surface area contributed by atoms with E-state index in [1.807, 2.05) is 6.92 Å². The molecule has 0 aliphatic heterocycles. The molecule has 0 fully saturated rings. The van der Waals surface area contributed by atoms with E-state index in [2.05, 4.69) is 20.8 Å². The van der Waals surface area contributed by atoms with Crippen molar-refractivity contribution in [1.82, 2.24) is 15.5 Å². The lowest BCUT2D eigenvalue weighted by Crippen LogP contribution is -2.47. The zero-order chi connectivity index (χ0) is 18.4. The number of hydrogen-bond donors (Lipinski definition) is 2. The number of nitrogens with one attached hydrogen (secondary N) is 2. The molecule has 0 unspecified atom stereocenters. The Bertz CT molecular complexity index is 751. The van der Waals surface area contributed by atoms with Gasteiger partial charge in [0.1, 0.15) is 11.9 Å². The molecule has 134 valence electrons. The molecule has 0 bridgehead atoms. The van der Waals surface area contributed by atoms with Crippen molar-refractivity contribution < 1.29 is 14.0 Å². The van der Waals surface area contributed by atoms with Crippen LogP contribution in [0.1, 0.15) is 31.1 Å². The van der Waals surface area contributed by atoms with Gasteiger partial charge in [0, 0.05) is 0 Å². The maximum absolute atomic E-state index is 13.7. The molecule has 0 saturated heterocycles. The van der Waals surface area contributed by atoms with Gasteiger partial charge in [0.25, 0.3) is 5.91 Å². The van der Waals surface area contributed by atoms with Crippen LogP contribution in [0.15, 0.2) is 28.6 Å². The summed E-state index contributed by atoms with van der Waals surface area (Å²) in [7, 11) is 0. The molecule has 0 spiro atoms. The summed E-state index contributed by atoms with van der Waals surface area (Å²) < 4.78 is 14.5. The molecule has 2 amide bonds. The summed E-state index contributed by atoms with van der Waals surface area (Å²) in [5, 5.41) is 13.5. The number of carbonyl (C=O) groups is 2. The second-order valence-corrected chi connectivity index (χ2v) is 7.96. The van der Waals surface area contributed by atoms with Crippen molar-refractivity contribution in [2.75, 3.05) is 11.1 Å². The molecule has 25 heavy (non-hydrogen) atoms. The van der Waals surface area contributed by atoms with Gasteiger partial charge in [-0.05, 0) is 23.8 Å². The number of amides is 2. The van der Waals surface area contributed by atoms with Crippen LogP contribution in [0, 0.1) is 11.7 Å². The van der Waals surface area contributed by atoms with Crippen molar-refractivity contribution in [2.45, 2.75) is 31.2 Å². The van der Waals surface area contributed by atoms with Crippen LogP contribution >= 0.6 is 23.1 Å². The van der Waals surface area contributed by atoms with Crippen molar-refractivity contribution in [3.8, 4) is 0 Å².